The fourth-order valence-electron chi connectivity index (χ4n) is 2.77. The van der Waals surface area contributed by atoms with Crippen LogP contribution < -0.4 is 5.32 Å². The van der Waals surface area contributed by atoms with E-state index in [4.69, 9.17) is 39.2 Å². The van der Waals surface area contributed by atoms with E-state index < -0.39 is 0 Å². The zero-order valence-electron chi connectivity index (χ0n) is 14.6. The molecule has 3 aromatic carbocycles. The van der Waals surface area contributed by atoms with Gasteiger partial charge in [-0.25, -0.2) is 4.98 Å². The topological polar surface area (TPSA) is 55.1 Å². The fraction of sp³-hybridized carbons (Fsp3) is 0.0476. The Morgan fingerprint density at radius 2 is 1.79 bits per heavy atom. The molecule has 28 heavy (non-hydrogen) atoms. The van der Waals surface area contributed by atoms with Gasteiger partial charge in [-0.3, -0.25) is 4.79 Å². The smallest absolute Gasteiger partial charge is 0.257 e. The molecule has 7 heteroatoms. The van der Waals surface area contributed by atoms with Gasteiger partial charge in [0.15, 0.2) is 5.58 Å². The summed E-state index contributed by atoms with van der Waals surface area (Å²) in [6, 6.07) is 15.6. The first-order valence-electron chi connectivity index (χ1n) is 8.34. The van der Waals surface area contributed by atoms with Crippen LogP contribution in [0.1, 0.15) is 15.9 Å². The summed E-state index contributed by atoms with van der Waals surface area (Å²) >= 11 is 18.4. The highest BCUT2D eigenvalue weighted by Crippen LogP contribution is 2.31. The van der Waals surface area contributed by atoms with E-state index in [1.54, 1.807) is 48.5 Å². The van der Waals surface area contributed by atoms with Gasteiger partial charge in [0.2, 0.25) is 5.89 Å². The van der Waals surface area contributed by atoms with Gasteiger partial charge in [0.05, 0.1) is 21.3 Å². The summed E-state index contributed by atoms with van der Waals surface area (Å²) in [5.74, 6) is 0.0474. The van der Waals surface area contributed by atoms with Crippen LogP contribution in [0.25, 0.3) is 22.6 Å². The average Bonchev–Trinajstić information content (AvgIpc) is 3.06. The number of hydrogen-bond donors (Lipinski definition) is 1. The average molecular weight is 432 g/mol. The molecule has 0 unspecified atom stereocenters. The lowest BCUT2D eigenvalue weighted by atomic mass is 10.1. The van der Waals surface area contributed by atoms with Gasteiger partial charge in [0, 0.05) is 10.6 Å². The second-order valence-corrected chi connectivity index (χ2v) is 7.51. The van der Waals surface area contributed by atoms with Gasteiger partial charge in [-0.05, 0) is 61.0 Å². The number of nitrogens with one attached hydrogen (secondary N) is 1. The van der Waals surface area contributed by atoms with E-state index in [0.29, 0.717) is 48.9 Å². The van der Waals surface area contributed by atoms with Crippen molar-refractivity contribution in [1.29, 1.82) is 0 Å². The lowest BCUT2D eigenvalue weighted by molar-refractivity contribution is 0.102. The van der Waals surface area contributed by atoms with Crippen LogP contribution in [0.15, 0.2) is 59.0 Å². The molecule has 0 aliphatic heterocycles. The van der Waals surface area contributed by atoms with Gasteiger partial charge in [-0.2, -0.15) is 0 Å². The summed E-state index contributed by atoms with van der Waals surface area (Å²) in [6.45, 7) is 1.90. The molecular formula is C21H13Cl3N2O2. The number of carbonyl (C=O) groups is 1. The van der Waals surface area contributed by atoms with Crippen LogP contribution in [-0.4, -0.2) is 10.9 Å². The minimum atomic E-state index is -0.353. The number of amides is 1. The van der Waals surface area contributed by atoms with E-state index in [1.807, 2.05) is 13.0 Å². The molecule has 4 rings (SSSR count). The third-order valence-electron chi connectivity index (χ3n) is 4.18. The maximum Gasteiger partial charge on any atom is 0.257 e. The van der Waals surface area contributed by atoms with Crippen LogP contribution in [0, 0.1) is 6.92 Å². The molecule has 1 aromatic heterocycles. The maximum atomic E-state index is 12.6. The van der Waals surface area contributed by atoms with Crippen LogP contribution in [0.3, 0.4) is 0 Å². The zero-order chi connectivity index (χ0) is 19.8. The van der Waals surface area contributed by atoms with Gasteiger partial charge in [0.25, 0.3) is 5.91 Å². The van der Waals surface area contributed by atoms with E-state index in [1.165, 1.54) is 0 Å². The molecule has 1 heterocycles. The first kappa shape index (κ1) is 18.8. The van der Waals surface area contributed by atoms with Gasteiger partial charge in [-0.15, -0.1) is 0 Å². The third kappa shape index (κ3) is 3.72. The minimum Gasteiger partial charge on any atom is -0.436 e. The second-order valence-electron chi connectivity index (χ2n) is 6.26. The van der Waals surface area contributed by atoms with Gasteiger partial charge < -0.3 is 9.73 Å². The summed E-state index contributed by atoms with van der Waals surface area (Å²) in [6.07, 6.45) is 0. The molecule has 4 nitrogen and oxygen atoms in total. The van der Waals surface area contributed by atoms with Gasteiger partial charge in [0.1, 0.15) is 5.52 Å². The van der Waals surface area contributed by atoms with Crippen LogP contribution in [-0.2, 0) is 0 Å². The molecule has 0 saturated heterocycles. The highest BCUT2D eigenvalue weighted by Gasteiger charge is 2.15. The highest BCUT2D eigenvalue weighted by molar-refractivity contribution is 6.36. The fourth-order valence-corrected chi connectivity index (χ4v) is 3.42. The maximum absolute atomic E-state index is 12.6. The van der Waals surface area contributed by atoms with Crippen molar-refractivity contribution in [3.05, 3.63) is 80.8 Å². The molecule has 1 amide bonds. The summed E-state index contributed by atoms with van der Waals surface area (Å²) in [4.78, 5) is 17.1. The second kappa shape index (κ2) is 7.47. The Morgan fingerprint density at radius 3 is 2.57 bits per heavy atom. The molecule has 0 aliphatic carbocycles. The summed E-state index contributed by atoms with van der Waals surface area (Å²) < 4.78 is 5.78. The van der Waals surface area contributed by atoms with Crippen molar-refractivity contribution in [2.24, 2.45) is 0 Å². The van der Waals surface area contributed by atoms with Crippen molar-refractivity contribution in [1.82, 2.24) is 4.98 Å². The van der Waals surface area contributed by atoms with E-state index in [9.17, 15) is 4.79 Å². The number of halogens is 3. The molecule has 4 aromatic rings. The Labute approximate surface area is 176 Å². The zero-order valence-corrected chi connectivity index (χ0v) is 16.9. The molecule has 0 atom stereocenters. The molecule has 0 spiro atoms. The molecule has 0 bridgehead atoms. The number of anilines is 1. The molecule has 0 aliphatic rings. The highest BCUT2D eigenvalue weighted by atomic mass is 35.5. The SMILES string of the molecule is Cc1ccc(C(=O)Nc2cc(-c3nc4cc(Cl)ccc4o3)ccc2Cl)c(Cl)c1. The number of oxazole rings is 1. The Bertz CT molecular complexity index is 1220. The molecule has 1 N–H and O–H groups in total. The van der Waals surface area contributed by atoms with E-state index in [2.05, 4.69) is 10.3 Å². The predicted molar refractivity (Wildman–Crippen MR) is 114 cm³/mol. The van der Waals surface area contributed by atoms with Crippen molar-refractivity contribution >= 4 is 57.5 Å². The van der Waals surface area contributed by atoms with Crippen molar-refractivity contribution < 1.29 is 9.21 Å². The number of hydrogen-bond acceptors (Lipinski definition) is 3. The van der Waals surface area contributed by atoms with E-state index in [-0.39, 0.29) is 5.91 Å². The monoisotopic (exact) mass is 430 g/mol. The number of benzene rings is 3. The van der Waals surface area contributed by atoms with Crippen molar-refractivity contribution in [2.45, 2.75) is 6.92 Å². The van der Waals surface area contributed by atoms with E-state index >= 15 is 0 Å². The summed E-state index contributed by atoms with van der Waals surface area (Å²) in [7, 11) is 0. The standard InChI is InChI=1S/C21H13Cl3N2O2/c1-11-2-5-14(16(24)8-11)20(27)25-17-9-12(3-6-15(17)23)21-26-18-10-13(22)4-7-19(18)28-21/h2-10H,1H3,(H,25,27). The largest absolute Gasteiger partial charge is 0.436 e. The lowest BCUT2D eigenvalue weighted by Gasteiger charge is -2.10. The minimum absolute atomic E-state index is 0.353. The Kier molecular flexibility index (Phi) is 5.02. The quantitative estimate of drug-likeness (QED) is 0.379. The number of aromatic nitrogens is 1. The van der Waals surface area contributed by atoms with Gasteiger partial charge in [-0.1, -0.05) is 40.9 Å². The Morgan fingerprint density at radius 1 is 0.964 bits per heavy atom. The predicted octanol–water partition coefficient (Wildman–Crippen LogP) is 7.02. The van der Waals surface area contributed by atoms with Crippen molar-refractivity contribution in [3.63, 3.8) is 0 Å². The number of fused-ring (bicyclic) bond motifs is 1. The Balaban J connectivity index is 1.67. The van der Waals surface area contributed by atoms with E-state index in [0.717, 1.165) is 5.56 Å². The van der Waals surface area contributed by atoms with Crippen LogP contribution in [0.5, 0.6) is 0 Å². The third-order valence-corrected chi connectivity index (χ3v) is 5.06. The normalized spacial score (nSPS) is 11.0. The number of aryl methyl sites for hydroxylation is 1. The molecular weight excluding hydrogens is 419 g/mol. The molecule has 140 valence electrons. The number of nitrogens with zero attached hydrogens (tertiary/aromatic N) is 1. The summed E-state index contributed by atoms with van der Waals surface area (Å²) in [5, 5.41) is 4.13. The first-order valence-corrected chi connectivity index (χ1v) is 9.47. The van der Waals surface area contributed by atoms with Crippen molar-refractivity contribution in [3.8, 4) is 11.5 Å². The lowest BCUT2D eigenvalue weighted by Crippen LogP contribution is -2.13. The summed E-state index contributed by atoms with van der Waals surface area (Å²) in [5.41, 5.74) is 3.70. The number of rotatable bonds is 3. The van der Waals surface area contributed by atoms with Gasteiger partial charge >= 0.3 is 0 Å². The molecule has 0 saturated carbocycles. The number of carbonyl (C=O) groups excluding carboxylic acids is 1. The first-order chi connectivity index (χ1) is 13.4. The molecule has 0 fully saturated rings. The molecule has 0 radical (unpaired) electrons. The van der Waals surface area contributed by atoms with Crippen LogP contribution >= 0.6 is 34.8 Å². The Hall–Kier alpha value is -2.53. The van der Waals surface area contributed by atoms with Crippen molar-refractivity contribution in [2.75, 3.05) is 5.32 Å². The van der Waals surface area contributed by atoms with Crippen LogP contribution in [0.4, 0.5) is 5.69 Å². The van der Waals surface area contributed by atoms with Crippen LogP contribution in [0.2, 0.25) is 15.1 Å².